The average molecular weight is 486 g/mol. The Morgan fingerprint density at radius 1 is 1.15 bits per heavy atom. The molecule has 0 atom stereocenters. The topological polar surface area (TPSA) is 116 Å². The third kappa shape index (κ3) is 5.11. The van der Waals surface area contributed by atoms with Crippen LogP contribution < -0.4 is 10.1 Å². The van der Waals surface area contributed by atoms with E-state index < -0.39 is 10.0 Å². The molecule has 1 saturated heterocycles. The summed E-state index contributed by atoms with van der Waals surface area (Å²) >= 11 is 0. The van der Waals surface area contributed by atoms with Crippen molar-refractivity contribution < 1.29 is 22.7 Å². The van der Waals surface area contributed by atoms with Crippen molar-refractivity contribution >= 4 is 21.6 Å². The first-order valence-electron chi connectivity index (χ1n) is 10.8. The molecule has 0 unspecified atom stereocenters. The highest BCUT2D eigenvalue weighted by Gasteiger charge is 2.29. The maximum atomic E-state index is 13.1. The molecule has 10 nitrogen and oxygen atoms in total. The molecule has 0 saturated carbocycles. The van der Waals surface area contributed by atoms with E-state index in [1.807, 2.05) is 19.9 Å². The predicted molar refractivity (Wildman–Crippen MR) is 126 cm³/mol. The SMILES string of the molecule is COc1ccc(CC(=O)Nc2ccc(-n3nc(C)cc3C)nc2)cc1S(=O)(=O)N1CCOCC1. The Morgan fingerprint density at radius 3 is 2.53 bits per heavy atom. The molecular formula is C23H27N5O5S. The zero-order valence-electron chi connectivity index (χ0n) is 19.3. The van der Waals surface area contributed by atoms with E-state index in [1.54, 1.807) is 35.1 Å². The van der Waals surface area contributed by atoms with Crippen LogP contribution in [-0.4, -0.2) is 66.8 Å². The number of sulfonamides is 1. The molecule has 34 heavy (non-hydrogen) atoms. The summed E-state index contributed by atoms with van der Waals surface area (Å²) in [7, 11) is -2.36. The van der Waals surface area contributed by atoms with E-state index in [1.165, 1.54) is 17.5 Å². The fourth-order valence-corrected chi connectivity index (χ4v) is 5.41. The molecule has 180 valence electrons. The largest absolute Gasteiger partial charge is 0.495 e. The molecule has 0 bridgehead atoms. The van der Waals surface area contributed by atoms with Gasteiger partial charge in [-0.15, -0.1) is 0 Å². The standard InChI is InChI=1S/C23H27N5O5S/c1-16-12-17(2)28(26-16)22-7-5-19(15-24-22)25-23(29)14-18-4-6-20(32-3)21(13-18)34(30,31)27-8-10-33-11-9-27/h4-7,12-13,15H,8-11,14H2,1-3H3,(H,25,29). The van der Waals surface area contributed by atoms with Gasteiger partial charge in [0.05, 0.1) is 44.3 Å². The Kier molecular flexibility index (Phi) is 6.96. The normalized spacial score (nSPS) is 14.7. The van der Waals surface area contributed by atoms with Crippen molar-refractivity contribution in [3.63, 3.8) is 0 Å². The molecule has 1 fully saturated rings. The highest BCUT2D eigenvalue weighted by atomic mass is 32.2. The molecule has 0 spiro atoms. The summed E-state index contributed by atoms with van der Waals surface area (Å²) < 4.78 is 39.9. The molecule has 11 heteroatoms. The van der Waals surface area contributed by atoms with Gasteiger partial charge in [-0.25, -0.2) is 18.1 Å². The summed E-state index contributed by atoms with van der Waals surface area (Å²) in [5, 5.41) is 7.20. The van der Waals surface area contributed by atoms with Crippen molar-refractivity contribution in [1.82, 2.24) is 19.1 Å². The highest BCUT2D eigenvalue weighted by Crippen LogP contribution is 2.28. The number of pyridine rings is 1. The number of anilines is 1. The molecule has 4 rings (SSSR count). The summed E-state index contributed by atoms with van der Waals surface area (Å²) in [6, 6.07) is 10.2. The number of carbonyl (C=O) groups excluding carboxylic acids is 1. The number of morpholine rings is 1. The Morgan fingerprint density at radius 2 is 1.91 bits per heavy atom. The molecule has 3 heterocycles. The van der Waals surface area contributed by atoms with E-state index in [0.717, 1.165) is 11.4 Å². The summed E-state index contributed by atoms with van der Waals surface area (Å²) in [4.78, 5) is 17.1. The van der Waals surface area contributed by atoms with E-state index in [2.05, 4.69) is 15.4 Å². The molecule has 1 N–H and O–H groups in total. The van der Waals surface area contributed by atoms with Crippen LogP contribution in [0.4, 0.5) is 5.69 Å². The molecule has 1 aliphatic heterocycles. The van der Waals surface area contributed by atoms with Gasteiger partial charge in [0.15, 0.2) is 5.82 Å². The third-order valence-electron chi connectivity index (χ3n) is 5.44. The number of ether oxygens (including phenoxy) is 2. The summed E-state index contributed by atoms with van der Waals surface area (Å²) in [5.41, 5.74) is 2.94. The van der Waals surface area contributed by atoms with Crippen LogP contribution in [0, 0.1) is 13.8 Å². The van der Waals surface area contributed by atoms with E-state index >= 15 is 0 Å². The lowest BCUT2D eigenvalue weighted by atomic mass is 10.1. The lowest BCUT2D eigenvalue weighted by Gasteiger charge is -2.26. The van der Waals surface area contributed by atoms with Gasteiger partial charge in [0, 0.05) is 18.8 Å². The van der Waals surface area contributed by atoms with E-state index in [0.29, 0.717) is 30.3 Å². The van der Waals surface area contributed by atoms with Crippen LogP contribution in [0.5, 0.6) is 5.75 Å². The smallest absolute Gasteiger partial charge is 0.246 e. The van der Waals surface area contributed by atoms with Crippen molar-refractivity contribution in [1.29, 1.82) is 0 Å². The Hall–Kier alpha value is -3.28. The quantitative estimate of drug-likeness (QED) is 0.545. The first kappa shape index (κ1) is 23.9. The van der Waals surface area contributed by atoms with E-state index in [9.17, 15) is 13.2 Å². The number of rotatable bonds is 7. The number of benzene rings is 1. The number of nitrogens with one attached hydrogen (secondary N) is 1. The summed E-state index contributed by atoms with van der Waals surface area (Å²) in [6.45, 7) is 5.09. The van der Waals surface area contributed by atoms with Gasteiger partial charge in [0.2, 0.25) is 15.9 Å². The van der Waals surface area contributed by atoms with Gasteiger partial charge in [-0.3, -0.25) is 4.79 Å². The number of carbonyl (C=O) groups is 1. The number of amides is 1. The summed E-state index contributed by atoms with van der Waals surface area (Å²) in [5.74, 6) is 0.594. The van der Waals surface area contributed by atoms with E-state index in [-0.39, 0.29) is 36.1 Å². The van der Waals surface area contributed by atoms with Crippen LogP contribution in [0.15, 0.2) is 47.5 Å². The lowest BCUT2D eigenvalue weighted by Crippen LogP contribution is -2.40. The van der Waals surface area contributed by atoms with Gasteiger partial charge < -0.3 is 14.8 Å². The molecule has 2 aromatic heterocycles. The van der Waals surface area contributed by atoms with Crippen molar-refractivity contribution in [3.8, 4) is 11.6 Å². The van der Waals surface area contributed by atoms with Gasteiger partial charge >= 0.3 is 0 Å². The van der Waals surface area contributed by atoms with Gasteiger partial charge in [0.1, 0.15) is 10.6 Å². The first-order chi connectivity index (χ1) is 16.3. The van der Waals surface area contributed by atoms with E-state index in [4.69, 9.17) is 9.47 Å². The molecule has 1 aliphatic rings. The van der Waals surface area contributed by atoms with Gasteiger partial charge in [-0.1, -0.05) is 6.07 Å². The van der Waals surface area contributed by atoms with Crippen LogP contribution in [0.1, 0.15) is 17.0 Å². The lowest BCUT2D eigenvalue weighted by molar-refractivity contribution is -0.115. The number of hydrogen-bond donors (Lipinski definition) is 1. The van der Waals surface area contributed by atoms with Crippen molar-refractivity contribution in [3.05, 3.63) is 59.5 Å². The van der Waals surface area contributed by atoms with Crippen LogP contribution in [0.3, 0.4) is 0 Å². The predicted octanol–water partition coefficient (Wildman–Crippen LogP) is 2.09. The number of hydrogen-bond acceptors (Lipinski definition) is 7. The van der Waals surface area contributed by atoms with Crippen LogP contribution in [-0.2, 0) is 26.0 Å². The highest BCUT2D eigenvalue weighted by molar-refractivity contribution is 7.89. The fraction of sp³-hybridized carbons (Fsp3) is 0.348. The van der Waals surface area contributed by atoms with Gasteiger partial charge in [-0.05, 0) is 49.7 Å². The number of nitrogens with zero attached hydrogens (tertiary/aromatic N) is 4. The Labute approximate surface area is 198 Å². The van der Waals surface area contributed by atoms with Crippen LogP contribution >= 0.6 is 0 Å². The zero-order valence-corrected chi connectivity index (χ0v) is 20.1. The maximum Gasteiger partial charge on any atom is 0.246 e. The van der Waals surface area contributed by atoms with Gasteiger partial charge in [0.25, 0.3) is 0 Å². The minimum Gasteiger partial charge on any atom is -0.495 e. The fourth-order valence-electron chi connectivity index (χ4n) is 3.80. The van der Waals surface area contributed by atoms with Crippen molar-refractivity contribution in [2.75, 3.05) is 38.7 Å². The summed E-state index contributed by atoms with van der Waals surface area (Å²) in [6.07, 6.45) is 1.56. The molecule has 1 aromatic carbocycles. The second-order valence-electron chi connectivity index (χ2n) is 7.97. The Bertz CT molecular complexity index is 1280. The van der Waals surface area contributed by atoms with Crippen LogP contribution in [0.25, 0.3) is 5.82 Å². The average Bonchev–Trinajstić information content (AvgIpc) is 3.17. The number of aromatic nitrogens is 3. The molecule has 3 aromatic rings. The molecule has 1 amide bonds. The van der Waals surface area contributed by atoms with Crippen molar-refractivity contribution in [2.45, 2.75) is 25.2 Å². The number of aryl methyl sites for hydroxylation is 2. The minimum atomic E-state index is -3.78. The number of methoxy groups -OCH3 is 1. The second kappa shape index (κ2) is 9.92. The third-order valence-corrected chi connectivity index (χ3v) is 7.36. The maximum absolute atomic E-state index is 13.1. The second-order valence-corrected chi connectivity index (χ2v) is 9.88. The monoisotopic (exact) mass is 485 g/mol. The minimum absolute atomic E-state index is 0.00512. The molecular weight excluding hydrogens is 458 g/mol. The molecule has 0 radical (unpaired) electrons. The van der Waals surface area contributed by atoms with Crippen molar-refractivity contribution in [2.24, 2.45) is 0 Å². The molecule has 0 aliphatic carbocycles. The zero-order chi connectivity index (χ0) is 24.3. The first-order valence-corrected chi connectivity index (χ1v) is 12.3. The Balaban J connectivity index is 1.48. The van der Waals surface area contributed by atoms with Crippen LogP contribution in [0.2, 0.25) is 0 Å². The van der Waals surface area contributed by atoms with Gasteiger partial charge in [-0.2, -0.15) is 9.40 Å².